The molecule has 0 aliphatic rings. The standard InChI is InChI=1S/C13H17FN4S/c1-18(7-11-8-19-9-17-11)5-4-12(15)13-3-2-10(14)6-16-13/h2-3,6,8-9,12H,4-5,7,15H2,1H3. The molecule has 6 heteroatoms. The fourth-order valence-electron chi connectivity index (χ4n) is 1.79. The molecule has 4 nitrogen and oxygen atoms in total. The van der Waals surface area contributed by atoms with Gasteiger partial charge in [0.15, 0.2) is 0 Å². The van der Waals surface area contributed by atoms with E-state index in [0.29, 0.717) is 0 Å². The van der Waals surface area contributed by atoms with E-state index < -0.39 is 0 Å². The SMILES string of the molecule is CN(CCC(N)c1ccc(F)cn1)Cc1cscn1. The Morgan fingerprint density at radius 3 is 2.89 bits per heavy atom. The number of rotatable bonds is 6. The van der Waals surface area contributed by atoms with Crippen LogP contribution in [0.2, 0.25) is 0 Å². The van der Waals surface area contributed by atoms with Crippen LogP contribution in [0.4, 0.5) is 4.39 Å². The van der Waals surface area contributed by atoms with Gasteiger partial charge in [0.05, 0.1) is 23.1 Å². The lowest BCUT2D eigenvalue weighted by Crippen LogP contribution is -2.24. The highest BCUT2D eigenvalue weighted by Gasteiger charge is 2.09. The van der Waals surface area contributed by atoms with Crippen LogP contribution in [-0.2, 0) is 6.54 Å². The van der Waals surface area contributed by atoms with Crippen molar-refractivity contribution in [1.82, 2.24) is 14.9 Å². The molecule has 2 aromatic heterocycles. The fourth-order valence-corrected chi connectivity index (χ4v) is 2.33. The minimum atomic E-state index is -0.336. The Kier molecular flexibility index (Phi) is 4.95. The third kappa shape index (κ3) is 4.34. The molecule has 0 spiro atoms. The molecule has 0 aliphatic carbocycles. The number of hydrogen-bond donors (Lipinski definition) is 1. The van der Waals surface area contributed by atoms with Gasteiger partial charge in [-0.1, -0.05) is 0 Å². The van der Waals surface area contributed by atoms with Crippen molar-refractivity contribution in [1.29, 1.82) is 0 Å². The summed E-state index contributed by atoms with van der Waals surface area (Å²) < 4.78 is 12.8. The zero-order valence-electron chi connectivity index (χ0n) is 10.8. The summed E-state index contributed by atoms with van der Waals surface area (Å²) in [5.74, 6) is -0.336. The third-order valence-corrected chi connectivity index (χ3v) is 3.50. The number of thiazole rings is 1. The molecule has 19 heavy (non-hydrogen) atoms. The second-order valence-electron chi connectivity index (χ2n) is 4.51. The van der Waals surface area contributed by atoms with E-state index >= 15 is 0 Å². The van der Waals surface area contributed by atoms with Crippen molar-refractivity contribution in [2.45, 2.75) is 19.0 Å². The van der Waals surface area contributed by atoms with Crippen molar-refractivity contribution in [2.75, 3.05) is 13.6 Å². The van der Waals surface area contributed by atoms with Crippen LogP contribution in [0.3, 0.4) is 0 Å². The number of nitrogens with zero attached hydrogens (tertiary/aromatic N) is 3. The summed E-state index contributed by atoms with van der Waals surface area (Å²) in [4.78, 5) is 10.4. The van der Waals surface area contributed by atoms with Crippen molar-refractivity contribution >= 4 is 11.3 Å². The second kappa shape index (κ2) is 6.70. The predicted molar refractivity (Wildman–Crippen MR) is 74.2 cm³/mol. The molecular weight excluding hydrogens is 263 g/mol. The van der Waals surface area contributed by atoms with E-state index in [9.17, 15) is 4.39 Å². The highest BCUT2D eigenvalue weighted by atomic mass is 32.1. The molecule has 0 aliphatic heterocycles. The summed E-state index contributed by atoms with van der Waals surface area (Å²) in [5, 5.41) is 2.04. The lowest BCUT2D eigenvalue weighted by atomic mass is 10.1. The van der Waals surface area contributed by atoms with Crippen LogP contribution in [-0.4, -0.2) is 28.5 Å². The maximum Gasteiger partial charge on any atom is 0.141 e. The van der Waals surface area contributed by atoms with Gasteiger partial charge >= 0.3 is 0 Å². The minimum Gasteiger partial charge on any atom is -0.323 e. The van der Waals surface area contributed by atoms with Crippen LogP contribution >= 0.6 is 11.3 Å². The Labute approximate surface area is 116 Å². The molecule has 2 N–H and O–H groups in total. The van der Waals surface area contributed by atoms with E-state index in [0.717, 1.165) is 30.9 Å². The molecule has 0 radical (unpaired) electrons. The number of nitrogens with two attached hydrogens (primary N) is 1. The van der Waals surface area contributed by atoms with E-state index in [1.54, 1.807) is 17.4 Å². The summed E-state index contributed by atoms with van der Waals surface area (Å²) in [6.07, 6.45) is 1.98. The first-order valence-corrected chi connectivity index (χ1v) is 7.02. The Bertz CT molecular complexity index is 486. The molecule has 2 aromatic rings. The topological polar surface area (TPSA) is 55.0 Å². The molecule has 2 rings (SSSR count). The number of hydrogen-bond acceptors (Lipinski definition) is 5. The summed E-state index contributed by atoms with van der Waals surface area (Å²) in [6, 6.07) is 2.86. The molecule has 0 fully saturated rings. The van der Waals surface area contributed by atoms with Crippen LogP contribution in [0.1, 0.15) is 23.9 Å². The van der Waals surface area contributed by atoms with Crippen molar-refractivity contribution in [3.8, 4) is 0 Å². The van der Waals surface area contributed by atoms with Crippen LogP contribution in [0.25, 0.3) is 0 Å². The number of halogens is 1. The lowest BCUT2D eigenvalue weighted by molar-refractivity contribution is 0.307. The minimum absolute atomic E-state index is 0.168. The average molecular weight is 280 g/mol. The Balaban J connectivity index is 1.79. The maximum atomic E-state index is 12.8. The summed E-state index contributed by atoms with van der Waals surface area (Å²) in [5.41, 5.74) is 9.67. The van der Waals surface area contributed by atoms with Gasteiger partial charge < -0.3 is 10.6 Å². The number of aromatic nitrogens is 2. The molecular formula is C13H17FN4S. The smallest absolute Gasteiger partial charge is 0.141 e. The van der Waals surface area contributed by atoms with Gasteiger partial charge in [-0.3, -0.25) is 4.98 Å². The zero-order chi connectivity index (χ0) is 13.7. The molecule has 0 amide bonds. The average Bonchev–Trinajstić information content (AvgIpc) is 2.89. The monoisotopic (exact) mass is 280 g/mol. The van der Waals surface area contributed by atoms with Gasteiger partial charge in [-0.2, -0.15) is 0 Å². The van der Waals surface area contributed by atoms with Gasteiger partial charge in [-0.25, -0.2) is 9.37 Å². The second-order valence-corrected chi connectivity index (χ2v) is 5.23. The maximum absolute atomic E-state index is 12.8. The van der Waals surface area contributed by atoms with E-state index in [1.807, 2.05) is 17.9 Å². The van der Waals surface area contributed by atoms with Gasteiger partial charge in [0.2, 0.25) is 0 Å². The Morgan fingerprint density at radius 1 is 1.42 bits per heavy atom. The summed E-state index contributed by atoms with van der Waals surface area (Å²) >= 11 is 1.60. The van der Waals surface area contributed by atoms with E-state index in [4.69, 9.17) is 5.73 Å². The van der Waals surface area contributed by atoms with Gasteiger partial charge in [-0.15, -0.1) is 11.3 Å². The predicted octanol–water partition coefficient (Wildman–Crippen LogP) is 2.20. The van der Waals surface area contributed by atoms with Crippen LogP contribution in [0.5, 0.6) is 0 Å². The molecule has 0 saturated carbocycles. The van der Waals surface area contributed by atoms with Gasteiger partial charge in [0, 0.05) is 24.5 Å². The molecule has 0 saturated heterocycles. The van der Waals surface area contributed by atoms with Crippen LogP contribution in [0.15, 0.2) is 29.2 Å². The molecule has 1 unspecified atom stereocenters. The molecule has 1 atom stereocenters. The lowest BCUT2D eigenvalue weighted by Gasteiger charge is -2.18. The first kappa shape index (κ1) is 14.0. The van der Waals surface area contributed by atoms with Crippen molar-refractivity contribution < 1.29 is 4.39 Å². The summed E-state index contributed by atoms with van der Waals surface area (Å²) in [6.45, 7) is 1.66. The van der Waals surface area contributed by atoms with Gasteiger partial charge in [0.1, 0.15) is 5.82 Å². The van der Waals surface area contributed by atoms with Crippen LogP contribution in [0, 0.1) is 5.82 Å². The normalized spacial score (nSPS) is 12.8. The Hall–Kier alpha value is -1.37. The van der Waals surface area contributed by atoms with Crippen LogP contribution < -0.4 is 5.73 Å². The van der Waals surface area contributed by atoms with E-state index in [1.165, 1.54) is 12.3 Å². The number of pyridine rings is 1. The molecule has 0 bridgehead atoms. The Morgan fingerprint density at radius 2 is 2.26 bits per heavy atom. The summed E-state index contributed by atoms with van der Waals surface area (Å²) in [7, 11) is 2.03. The quantitative estimate of drug-likeness (QED) is 0.881. The van der Waals surface area contributed by atoms with Gasteiger partial charge in [-0.05, 0) is 25.6 Å². The molecule has 2 heterocycles. The third-order valence-electron chi connectivity index (χ3n) is 2.87. The van der Waals surface area contributed by atoms with Crippen molar-refractivity contribution in [2.24, 2.45) is 5.73 Å². The van der Waals surface area contributed by atoms with Crippen molar-refractivity contribution in [3.63, 3.8) is 0 Å². The van der Waals surface area contributed by atoms with Crippen molar-refractivity contribution in [3.05, 3.63) is 46.4 Å². The largest absolute Gasteiger partial charge is 0.323 e. The first-order chi connectivity index (χ1) is 9.15. The highest BCUT2D eigenvalue weighted by molar-refractivity contribution is 7.07. The van der Waals surface area contributed by atoms with Gasteiger partial charge in [0.25, 0.3) is 0 Å². The highest BCUT2D eigenvalue weighted by Crippen LogP contribution is 2.13. The van der Waals surface area contributed by atoms with E-state index in [2.05, 4.69) is 14.9 Å². The fraction of sp³-hybridized carbons (Fsp3) is 0.385. The molecule has 102 valence electrons. The molecule has 0 aromatic carbocycles. The zero-order valence-corrected chi connectivity index (χ0v) is 11.6. The first-order valence-electron chi connectivity index (χ1n) is 6.08. The van der Waals surface area contributed by atoms with E-state index in [-0.39, 0.29) is 11.9 Å².